The summed E-state index contributed by atoms with van der Waals surface area (Å²) in [5, 5.41) is 15.1. The van der Waals surface area contributed by atoms with E-state index in [1.54, 1.807) is 12.1 Å². The summed E-state index contributed by atoms with van der Waals surface area (Å²) < 4.78 is 0. The van der Waals surface area contributed by atoms with Crippen LogP contribution in [0.5, 0.6) is 0 Å². The highest BCUT2D eigenvalue weighted by atomic mass is 32.1. The first kappa shape index (κ1) is 15.4. The van der Waals surface area contributed by atoms with Gasteiger partial charge < -0.3 is 11.5 Å². The number of hydrogen-bond donors (Lipinski definition) is 3. The lowest BCUT2D eigenvalue weighted by Crippen LogP contribution is -2.26. The van der Waals surface area contributed by atoms with Crippen LogP contribution in [0.3, 0.4) is 0 Å². The average molecular weight is 315 g/mol. The van der Waals surface area contributed by atoms with E-state index in [9.17, 15) is 10.1 Å². The molecule has 2 aromatic carbocycles. The number of nitrogen functional groups attached to an aromatic ring is 1. The van der Waals surface area contributed by atoms with Crippen LogP contribution in [0.15, 0.2) is 53.6 Å². The minimum Gasteiger partial charge on any atom is -0.398 e. The van der Waals surface area contributed by atoms with E-state index in [-0.39, 0.29) is 10.8 Å². The van der Waals surface area contributed by atoms with E-state index >= 15 is 0 Å². The van der Waals surface area contributed by atoms with Gasteiger partial charge in [0.15, 0.2) is 5.11 Å². The van der Waals surface area contributed by atoms with Crippen molar-refractivity contribution in [1.29, 1.82) is 0 Å². The maximum Gasteiger partial charge on any atom is 0.270 e. The molecule has 0 aliphatic rings. The second-order valence-corrected chi connectivity index (χ2v) is 4.77. The predicted molar refractivity (Wildman–Crippen MR) is 89.5 cm³/mol. The summed E-state index contributed by atoms with van der Waals surface area (Å²) in [6.07, 6.45) is 0. The first-order valence-corrected chi connectivity index (χ1v) is 6.62. The van der Waals surface area contributed by atoms with E-state index in [1.807, 2.05) is 18.2 Å². The topological polar surface area (TPSA) is 120 Å². The van der Waals surface area contributed by atoms with E-state index in [1.165, 1.54) is 18.2 Å². The van der Waals surface area contributed by atoms with Crippen molar-refractivity contribution in [2.45, 2.75) is 0 Å². The van der Waals surface area contributed by atoms with Crippen molar-refractivity contribution in [3.8, 4) is 0 Å². The number of nitro benzene ring substituents is 1. The zero-order valence-electron chi connectivity index (χ0n) is 11.4. The van der Waals surface area contributed by atoms with Crippen LogP contribution in [0, 0.1) is 10.1 Å². The van der Waals surface area contributed by atoms with E-state index in [0.29, 0.717) is 17.0 Å². The molecule has 0 aliphatic heterocycles. The molecule has 2 rings (SSSR count). The van der Waals surface area contributed by atoms with Crippen molar-refractivity contribution in [2.75, 3.05) is 5.73 Å². The third kappa shape index (κ3) is 3.55. The molecule has 0 spiro atoms. The molecule has 0 amide bonds. The summed E-state index contributed by atoms with van der Waals surface area (Å²) in [5.41, 5.74) is 15.6. The van der Waals surface area contributed by atoms with Gasteiger partial charge >= 0.3 is 0 Å². The quantitative estimate of drug-likeness (QED) is 0.260. The zero-order valence-corrected chi connectivity index (χ0v) is 12.2. The highest BCUT2D eigenvalue weighted by molar-refractivity contribution is 7.80. The third-order valence-electron chi connectivity index (χ3n) is 2.83. The Morgan fingerprint density at radius 3 is 2.50 bits per heavy atom. The number of benzene rings is 2. The molecular weight excluding hydrogens is 302 g/mol. The van der Waals surface area contributed by atoms with E-state index in [4.69, 9.17) is 23.7 Å². The number of nitrogens with two attached hydrogens (primary N) is 2. The minimum absolute atomic E-state index is 0.0163. The van der Waals surface area contributed by atoms with Gasteiger partial charge in [-0.15, -0.1) is 0 Å². The Hall–Kier alpha value is -3.00. The summed E-state index contributed by atoms with van der Waals surface area (Å²) in [4.78, 5) is 10.5. The fourth-order valence-corrected chi connectivity index (χ4v) is 1.90. The van der Waals surface area contributed by atoms with Crippen LogP contribution in [0.1, 0.15) is 11.1 Å². The maximum absolute atomic E-state index is 11.0. The smallest absolute Gasteiger partial charge is 0.270 e. The molecule has 5 N–H and O–H groups in total. The number of nitro groups is 1. The van der Waals surface area contributed by atoms with Gasteiger partial charge in [-0.05, 0) is 18.3 Å². The third-order valence-corrected chi connectivity index (χ3v) is 2.92. The Kier molecular flexibility index (Phi) is 4.64. The fourth-order valence-electron chi connectivity index (χ4n) is 1.85. The van der Waals surface area contributed by atoms with E-state index < -0.39 is 4.92 Å². The van der Waals surface area contributed by atoms with Gasteiger partial charge in [-0.3, -0.25) is 15.5 Å². The number of rotatable bonds is 4. The molecule has 0 heterocycles. The Morgan fingerprint density at radius 1 is 1.23 bits per heavy atom. The second-order valence-electron chi connectivity index (χ2n) is 4.33. The van der Waals surface area contributed by atoms with Crippen molar-refractivity contribution >= 4 is 34.4 Å². The van der Waals surface area contributed by atoms with Crippen molar-refractivity contribution < 1.29 is 4.92 Å². The molecule has 0 saturated heterocycles. The Labute approximate surface area is 131 Å². The van der Waals surface area contributed by atoms with Crippen LogP contribution >= 0.6 is 12.2 Å². The lowest BCUT2D eigenvalue weighted by molar-refractivity contribution is -0.384. The Morgan fingerprint density at radius 2 is 1.91 bits per heavy atom. The van der Waals surface area contributed by atoms with Gasteiger partial charge in [0.05, 0.1) is 4.92 Å². The summed E-state index contributed by atoms with van der Waals surface area (Å²) >= 11 is 4.73. The standard InChI is InChI=1S/C14H13N5O2S/c15-12-7-6-10(19(20)21)8-11(12)13(17-18-14(16)22)9-4-2-1-3-5-9/h1-8H,15H2,(H3,16,18,22)/b17-13+. The van der Waals surface area contributed by atoms with E-state index in [0.717, 1.165) is 5.56 Å². The molecule has 0 atom stereocenters. The number of hydrogen-bond acceptors (Lipinski definition) is 5. The predicted octanol–water partition coefficient (Wildman–Crippen LogP) is 1.76. The second kappa shape index (κ2) is 6.64. The first-order valence-electron chi connectivity index (χ1n) is 6.22. The van der Waals surface area contributed by atoms with Crippen LogP contribution in [-0.2, 0) is 0 Å². The van der Waals surface area contributed by atoms with Gasteiger partial charge in [0.25, 0.3) is 5.69 Å². The van der Waals surface area contributed by atoms with Gasteiger partial charge in [-0.25, -0.2) is 0 Å². The van der Waals surface area contributed by atoms with Crippen molar-refractivity contribution in [3.63, 3.8) is 0 Å². The molecular formula is C14H13N5O2S. The number of thiocarbonyl (C=S) groups is 1. The normalized spacial score (nSPS) is 11.0. The van der Waals surface area contributed by atoms with Crippen LogP contribution < -0.4 is 16.9 Å². The highest BCUT2D eigenvalue weighted by Crippen LogP contribution is 2.23. The molecule has 0 fully saturated rings. The van der Waals surface area contributed by atoms with Gasteiger partial charge in [0.2, 0.25) is 0 Å². The molecule has 112 valence electrons. The van der Waals surface area contributed by atoms with Gasteiger partial charge in [0, 0.05) is 28.9 Å². The molecule has 0 radical (unpaired) electrons. The lowest BCUT2D eigenvalue weighted by Gasteiger charge is -2.10. The summed E-state index contributed by atoms with van der Waals surface area (Å²) in [7, 11) is 0. The maximum atomic E-state index is 11.0. The molecule has 0 unspecified atom stereocenters. The van der Waals surface area contributed by atoms with Crippen molar-refractivity contribution in [2.24, 2.45) is 10.8 Å². The fraction of sp³-hybridized carbons (Fsp3) is 0. The lowest BCUT2D eigenvalue weighted by atomic mass is 10.0. The molecule has 8 heteroatoms. The molecule has 7 nitrogen and oxygen atoms in total. The van der Waals surface area contributed by atoms with E-state index in [2.05, 4.69) is 10.5 Å². The van der Waals surface area contributed by atoms with Crippen molar-refractivity contribution in [1.82, 2.24) is 5.43 Å². The summed E-state index contributed by atoms with van der Waals surface area (Å²) in [6, 6.07) is 13.3. The Bertz CT molecular complexity index is 746. The van der Waals surface area contributed by atoms with Crippen LogP contribution in [-0.4, -0.2) is 15.7 Å². The molecule has 0 saturated carbocycles. The van der Waals surface area contributed by atoms with Gasteiger partial charge in [-0.2, -0.15) is 5.10 Å². The van der Waals surface area contributed by atoms with Gasteiger partial charge in [0.1, 0.15) is 5.71 Å². The van der Waals surface area contributed by atoms with Crippen LogP contribution in [0.4, 0.5) is 11.4 Å². The highest BCUT2D eigenvalue weighted by Gasteiger charge is 2.15. The average Bonchev–Trinajstić information content (AvgIpc) is 2.49. The number of nitrogens with zero attached hydrogens (tertiary/aromatic N) is 2. The molecule has 0 bridgehead atoms. The molecule has 0 aromatic heterocycles. The minimum atomic E-state index is -0.494. The number of non-ortho nitro benzene ring substituents is 1. The molecule has 2 aromatic rings. The summed E-state index contributed by atoms with van der Waals surface area (Å²) in [5.74, 6) is 0. The first-order chi connectivity index (χ1) is 10.5. The molecule has 0 aliphatic carbocycles. The van der Waals surface area contributed by atoms with Gasteiger partial charge in [-0.1, -0.05) is 30.3 Å². The number of anilines is 1. The Balaban J connectivity index is 2.59. The van der Waals surface area contributed by atoms with Crippen LogP contribution in [0.25, 0.3) is 0 Å². The van der Waals surface area contributed by atoms with Crippen LogP contribution in [0.2, 0.25) is 0 Å². The number of hydrazone groups is 1. The monoisotopic (exact) mass is 315 g/mol. The largest absolute Gasteiger partial charge is 0.398 e. The zero-order chi connectivity index (χ0) is 16.1. The van der Waals surface area contributed by atoms with Crippen molar-refractivity contribution in [3.05, 3.63) is 69.8 Å². The summed E-state index contributed by atoms with van der Waals surface area (Å²) in [6.45, 7) is 0. The SMILES string of the molecule is NC(=S)N/N=C(\c1ccccc1)c1cc([N+](=O)[O-])ccc1N. The number of nitrogens with one attached hydrogen (secondary N) is 1. The molecule has 22 heavy (non-hydrogen) atoms.